The van der Waals surface area contributed by atoms with Gasteiger partial charge in [0.25, 0.3) is 5.91 Å². The van der Waals surface area contributed by atoms with E-state index in [0.29, 0.717) is 18.7 Å². The zero-order chi connectivity index (χ0) is 15.4. The molecule has 0 aliphatic rings. The molecule has 2 heterocycles. The van der Waals surface area contributed by atoms with Gasteiger partial charge in [-0.25, -0.2) is 0 Å². The van der Waals surface area contributed by atoms with Crippen LogP contribution in [0.2, 0.25) is 0 Å². The van der Waals surface area contributed by atoms with Crippen LogP contribution < -0.4 is 5.32 Å². The van der Waals surface area contributed by atoms with Gasteiger partial charge in [0.1, 0.15) is 0 Å². The van der Waals surface area contributed by atoms with E-state index >= 15 is 0 Å². The summed E-state index contributed by atoms with van der Waals surface area (Å²) in [4.78, 5) is 12.0. The molecule has 2 aromatic heterocycles. The molecule has 1 amide bonds. The monoisotopic (exact) mass is 375 g/mol. The Bertz CT molecular complexity index is 767. The van der Waals surface area contributed by atoms with Crippen LogP contribution in [0.1, 0.15) is 10.4 Å². The summed E-state index contributed by atoms with van der Waals surface area (Å²) in [5.74, 6) is -0.0773. The first kappa shape index (κ1) is 15.0. The number of benzene rings is 1. The molecule has 0 unspecified atom stereocenters. The third-order valence-electron chi connectivity index (χ3n) is 3.17. The van der Waals surface area contributed by atoms with Gasteiger partial charge in [-0.3, -0.25) is 9.48 Å². The highest BCUT2D eigenvalue weighted by atomic mass is 79.9. The third kappa shape index (κ3) is 3.64. The first-order valence-corrected chi connectivity index (χ1v) is 8.56. The molecule has 3 rings (SSSR count). The van der Waals surface area contributed by atoms with Crippen molar-refractivity contribution in [1.82, 2.24) is 15.1 Å². The van der Waals surface area contributed by atoms with Crippen molar-refractivity contribution in [2.24, 2.45) is 0 Å². The lowest BCUT2D eigenvalue weighted by atomic mass is 10.2. The van der Waals surface area contributed by atoms with Crippen molar-refractivity contribution in [1.29, 1.82) is 0 Å². The fourth-order valence-corrected chi connectivity index (χ4v) is 3.12. The van der Waals surface area contributed by atoms with Crippen LogP contribution in [-0.4, -0.2) is 22.2 Å². The van der Waals surface area contributed by atoms with Crippen molar-refractivity contribution in [2.45, 2.75) is 6.54 Å². The summed E-state index contributed by atoms with van der Waals surface area (Å²) in [6.07, 6.45) is 1.93. The number of amides is 1. The summed E-state index contributed by atoms with van der Waals surface area (Å²) in [7, 11) is 0. The lowest BCUT2D eigenvalue weighted by Crippen LogP contribution is -2.27. The third-order valence-corrected chi connectivity index (χ3v) is 4.35. The van der Waals surface area contributed by atoms with Gasteiger partial charge < -0.3 is 5.32 Å². The van der Waals surface area contributed by atoms with E-state index < -0.39 is 0 Å². The van der Waals surface area contributed by atoms with Crippen LogP contribution in [0, 0.1) is 0 Å². The van der Waals surface area contributed by atoms with Crippen LogP contribution >= 0.6 is 27.3 Å². The van der Waals surface area contributed by atoms with Crippen molar-refractivity contribution in [3.8, 4) is 11.3 Å². The average molecular weight is 376 g/mol. The van der Waals surface area contributed by atoms with Gasteiger partial charge in [0.05, 0.1) is 12.2 Å². The smallest absolute Gasteiger partial charge is 0.251 e. The number of carbonyl (C=O) groups excluding carboxylic acids is 1. The Morgan fingerprint density at radius 3 is 3.00 bits per heavy atom. The molecule has 1 aromatic carbocycles. The van der Waals surface area contributed by atoms with Crippen LogP contribution in [0.5, 0.6) is 0 Å². The highest BCUT2D eigenvalue weighted by Gasteiger charge is 2.06. The van der Waals surface area contributed by atoms with E-state index in [1.54, 1.807) is 23.5 Å². The number of rotatable bonds is 5. The summed E-state index contributed by atoms with van der Waals surface area (Å²) in [5, 5.41) is 11.5. The second kappa shape index (κ2) is 6.89. The molecular formula is C16H14BrN3OS. The molecule has 112 valence electrons. The lowest BCUT2D eigenvalue weighted by Gasteiger charge is -2.06. The zero-order valence-electron chi connectivity index (χ0n) is 11.7. The zero-order valence-corrected chi connectivity index (χ0v) is 14.1. The van der Waals surface area contributed by atoms with E-state index in [9.17, 15) is 4.79 Å². The van der Waals surface area contributed by atoms with Gasteiger partial charge in [-0.15, -0.1) is 0 Å². The van der Waals surface area contributed by atoms with Crippen molar-refractivity contribution in [3.05, 3.63) is 63.4 Å². The molecule has 0 saturated heterocycles. The van der Waals surface area contributed by atoms with E-state index in [0.717, 1.165) is 15.7 Å². The molecule has 0 bridgehead atoms. The van der Waals surface area contributed by atoms with Gasteiger partial charge in [0, 0.05) is 33.7 Å². The molecule has 3 aromatic rings. The lowest BCUT2D eigenvalue weighted by molar-refractivity contribution is 0.0952. The minimum atomic E-state index is -0.0773. The maximum absolute atomic E-state index is 12.0. The van der Waals surface area contributed by atoms with E-state index in [1.807, 2.05) is 40.5 Å². The molecular weight excluding hydrogens is 362 g/mol. The number of nitrogens with zero attached hydrogens (tertiary/aromatic N) is 2. The molecule has 4 nitrogen and oxygen atoms in total. The summed E-state index contributed by atoms with van der Waals surface area (Å²) < 4.78 is 2.74. The number of thiophene rings is 1. The van der Waals surface area contributed by atoms with Crippen LogP contribution in [0.25, 0.3) is 11.3 Å². The van der Waals surface area contributed by atoms with Gasteiger partial charge in [-0.1, -0.05) is 22.0 Å². The fraction of sp³-hybridized carbons (Fsp3) is 0.125. The Balaban J connectivity index is 1.54. The highest BCUT2D eigenvalue weighted by molar-refractivity contribution is 9.10. The van der Waals surface area contributed by atoms with E-state index in [2.05, 4.69) is 31.7 Å². The number of aromatic nitrogens is 2. The van der Waals surface area contributed by atoms with Crippen LogP contribution in [-0.2, 0) is 6.54 Å². The van der Waals surface area contributed by atoms with Crippen molar-refractivity contribution in [3.63, 3.8) is 0 Å². The van der Waals surface area contributed by atoms with Gasteiger partial charge in [0.15, 0.2) is 0 Å². The summed E-state index contributed by atoms with van der Waals surface area (Å²) in [6.45, 7) is 1.18. The number of hydrogen-bond donors (Lipinski definition) is 1. The summed E-state index contributed by atoms with van der Waals surface area (Å²) >= 11 is 5.02. The maximum atomic E-state index is 12.0. The molecule has 0 saturated carbocycles. The topological polar surface area (TPSA) is 46.9 Å². The van der Waals surface area contributed by atoms with E-state index in [1.165, 1.54) is 0 Å². The van der Waals surface area contributed by atoms with Crippen LogP contribution in [0.4, 0.5) is 0 Å². The Kier molecular flexibility index (Phi) is 4.70. The summed E-state index contributed by atoms with van der Waals surface area (Å²) in [6, 6.07) is 11.4. The predicted molar refractivity (Wildman–Crippen MR) is 92.0 cm³/mol. The molecule has 0 fully saturated rings. The van der Waals surface area contributed by atoms with Gasteiger partial charge >= 0.3 is 0 Å². The predicted octanol–water partition coefficient (Wildman–Crippen LogP) is 3.80. The second-order valence-electron chi connectivity index (χ2n) is 4.74. The standard InChI is InChI=1S/C16H14BrN3OS/c17-14-3-1-2-12(10-14)16(21)18-6-8-20-7-4-15(19-20)13-5-9-22-11-13/h1-5,7,9-11H,6,8H2,(H,18,21). The Morgan fingerprint density at radius 1 is 1.32 bits per heavy atom. The molecule has 1 N–H and O–H groups in total. The van der Waals surface area contributed by atoms with Crippen molar-refractivity contribution in [2.75, 3.05) is 6.54 Å². The average Bonchev–Trinajstić information content (AvgIpc) is 3.18. The molecule has 0 spiro atoms. The van der Waals surface area contributed by atoms with Crippen LogP contribution in [0.15, 0.2) is 57.8 Å². The molecule has 0 radical (unpaired) electrons. The largest absolute Gasteiger partial charge is 0.350 e. The summed E-state index contributed by atoms with van der Waals surface area (Å²) in [5.41, 5.74) is 2.73. The first-order valence-electron chi connectivity index (χ1n) is 6.82. The van der Waals surface area contributed by atoms with Crippen molar-refractivity contribution < 1.29 is 4.79 Å². The van der Waals surface area contributed by atoms with Gasteiger partial charge in [0.2, 0.25) is 0 Å². The van der Waals surface area contributed by atoms with Crippen LogP contribution in [0.3, 0.4) is 0 Å². The molecule has 0 aliphatic carbocycles. The minimum Gasteiger partial charge on any atom is -0.350 e. The van der Waals surface area contributed by atoms with Gasteiger partial charge in [-0.05, 0) is 35.7 Å². The van der Waals surface area contributed by atoms with E-state index in [4.69, 9.17) is 0 Å². The first-order chi connectivity index (χ1) is 10.7. The molecule has 0 aliphatic heterocycles. The minimum absolute atomic E-state index is 0.0773. The maximum Gasteiger partial charge on any atom is 0.251 e. The number of hydrogen-bond acceptors (Lipinski definition) is 3. The van der Waals surface area contributed by atoms with E-state index in [-0.39, 0.29) is 5.91 Å². The highest BCUT2D eigenvalue weighted by Crippen LogP contribution is 2.19. The number of halogens is 1. The Labute approximate surface area is 140 Å². The Morgan fingerprint density at radius 2 is 2.23 bits per heavy atom. The molecule has 0 atom stereocenters. The number of carbonyl (C=O) groups is 1. The number of nitrogens with one attached hydrogen (secondary N) is 1. The SMILES string of the molecule is O=C(NCCn1ccc(-c2ccsc2)n1)c1cccc(Br)c1. The Hall–Kier alpha value is -1.92. The van der Waals surface area contributed by atoms with Gasteiger partial charge in [-0.2, -0.15) is 16.4 Å². The molecule has 22 heavy (non-hydrogen) atoms. The quantitative estimate of drug-likeness (QED) is 0.736. The fourth-order valence-electron chi connectivity index (χ4n) is 2.07. The van der Waals surface area contributed by atoms with Crippen molar-refractivity contribution >= 4 is 33.2 Å². The normalized spacial score (nSPS) is 10.6. The molecule has 6 heteroatoms. The second-order valence-corrected chi connectivity index (χ2v) is 6.44.